The molecule has 160 valence electrons. The molecule has 31 heavy (non-hydrogen) atoms. The van der Waals surface area contributed by atoms with Crippen LogP contribution in [0.4, 0.5) is 5.69 Å². The number of ether oxygens (including phenoxy) is 1. The van der Waals surface area contributed by atoms with Crippen molar-refractivity contribution in [3.63, 3.8) is 0 Å². The van der Waals surface area contributed by atoms with Crippen molar-refractivity contribution in [2.24, 2.45) is 0 Å². The van der Waals surface area contributed by atoms with E-state index >= 15 is 0 Å². The maximum atomic E-state index is 13.6. The maximum Gasteiger partial charge on any atom is 0.294 e. The summed E-state index contributed by atoms with van der Waals surface area (Å²) >= 11 is 0. The molecule has 0 saturated heterocycles. The van der Waals surface area contributed by atoms with Gasteiger partial charge < -0.3 is 14.5 Å². The largest absolute Gasteiger partial charge is 0.497 e. The number of nitrogens with one attached hydrogen (secondary N) is 1. The van der Waals surface area contributed by atoms with Crippen LogP contribution in [0.2, 0.25) is 0 Å². The number of pyridine rings is 1. The summed E-state index contributed by atoms with van der Waals surface area (Å²) in [6.07, 6.45) is 8.75. The normalized spacial score (nSPS) is 14.7. The van der Waals surface area contributed by atoms with Crippen LogP contribution in [-0.2, 0) is 4.79 Å². The Bertz CT molecular complexity index is 1010. The Labute approximate surface area is 181 Å². The van der Waals surface area contributed by atoms with E-state index in [1.165, 1.54) is 11.2 Å². The van der Waals surface area contributed by atoms with Crippen LogP contribution in [-0.4, -0.2) is 29.9 Å². The number of carbonyl (C=O) groups excluding carboxylic acids is 2. The number of hydrogen-bond acceptors (Lipinski definition) is 5. The molecular formula is C24H25N3O4. The number of furan rings is 1. The molecule has 1 atom stereocenters. The molecular weight excluding hydrogens is 394 g/mol. The van der Waals surface area contributed by atoms with E-state index in [1.54, 1.807) is 68.0 Å². The minimum atomic E-state index is -0.895. The molecule has 3 aromatic rings. The lowest BCUT2D eigenvalue weighted by Crippen LogP contribution is -2.46. The molecule has 1 saturated carbocycles. The maximum absolute atomic E-state index is 13.6. The molecule has 1 unspecified atom stereocenters. The highest BCUT2D eigenvalue weighted by Gasteiger charge is 2.35. The highest BCUT2D eigenvalue weighted by Crippen LogP contribution is 2.32. The van der Waals surface area contributed by atoms with Crippen LogP contribution in [0.15, 0.2) is 71.6 Å². The minimum absolute atomic E-state index is 0.114. The summed E-state index contributed by atoms with van der Waals surface area (Å²) in [6.45, 7) is 0. The molecule has 1 fully saturated rings. The summed E-state index contributed by atoms with van der Waals surface area (Å²) in [5.74, 6) is 0.0810. The first kappa shape index (κ1) is 20.7. The third-order valence-electron chi connectivity index (χ3n) is 5.51. The van der Waals surface area contributed by atoms with Gasteiger partial charge in [-0.05, 0) is 54.8 Å². The Balaban J connectivity index is 1.80. The van der Waals surface area contributed by atoms with Gasteiger partial charge in [0.05, 0.1) is 13.4 Å². The predicted molar refractivity (Wildman–Crippen MR) is 116 cm³/mol. The molecule has 1 aromatic carbocycles. The number of methoxy groups -OCH3 is 1. The fourth-order valence-electron chi connectivity index (χ4n) is 3.98. The van der Waals surface area contributed by atoms with Crippen LogP contribution in [0.5, 0.6) is 5.75 Å². The van der Waals surface area contributed by atoms with Crippen molar-refractivity contribution in [3.05, 3.63) is 78.5 Å². The molecule has 2 heterocycles. The van der Waals surface area contributed by atoms with E-state index in [4.69, 9.17) is 9.15 Å². The number of carbonyl (C=O) groups is 2. The lowest BCUT2D eigenvalue weighted by Gasteiger charge is -2.31. The molecule has 0 radical (unpaired) electrons. The highest BCUT2D eigenvalue weighted by molar-refractivity contribution is 6.08. The van der Waals surface area contributed by atoms with Crippen molar-refractivity contribution >= 4 is 17.5 Å². The first-order chi connectivity index (χ1) is 15.2. The van der Waals surface area contributed by atoms with E-state index in [0.717, 1.165) is 25.7 Å². The van der Waals surface area contributed by atoms with E-state index < -0.39 is 11.9 Å². The molecule has 1 aliphatic rings. The average Bonchev–Trinajstić information content (AvgIpc) is 3.52. The van der Waals surface area contributed by atoms with E-state index in [1.807, 2.05) is 0 Å². The highest BCUT2D eigenvalue weighted by atomic mass is 16.5. The summed E-state index contributed by atoms with van der Waals surface area (Å²) in [7, 11) is 1.56. The van der Waals surface area contributed by atoms with Crippen LogP contribution < -0.4 is 15.0 Å². The quantitative estimate of drug-likeness (QED) is 0.622. The fraction of sp³-hybridized carbons (Fsp3) is 0.292. The third kappa shape index (κ3) is 4.60. The molecule has 7 nitrogen and oxygen atoms in total. The molecule has 0 aliphatic heterocycles. The summed E-state index contributed by atoms with van der Waals surface area (Å²) in [4.78, 5) is 32.6. The van der Waals surface area contributed by atoms with E-state index in [9.17, 15) is 9.59 Å². The first-order valence-electron chi connectivity index (χ1n) is 10.4. The van der Waals surface area contributed by atoms with E-state index in [2.05, 4.69) is 10.3 Å². The number of benzene rings is 1. The van der Waals surface area contributed by atoms with Gasteiger partial charge in [0.15, 0.2) is 5.76 Å². The molecule has 2 aromatic heterocycles. The second-order valence-corrected chi connectivity index (χ2v) is 7.53. The fourth-order valence-corrected chi connectivity index (χ4v) is 3.98. The van der Waals surface area contributed by atoms with Crippen molar-refractivity contribution in [2.75, 3.05) is 12.0 Å². The van der Waals surface area contributed by atoms with Gasteiger partial charge in [0.1, 0.15) is 11.8 Å². The van der Waals surface area contributed by atoms with Crippen LogP contribution in [0.25, 0.3) is 0 Å². The zero-order chi connectivity index (χ0) is 21.6. The number of nitrogens with zero attached hydrogens (tertiary/aromatic N) is 2. The van der Waals surface area contributed by atoms with Crippen molar-refractivity contribution in [2.45, 2.75) is 37.8 Å². The zero-order valence-corrected chi connectivity index (χ0v) is 17.4. The summed E-state index contributed by atoms with van der Waals surface area (Å²) in [5.41, 5.74) is 1.19. The Morgan fingerprint density at radius 2 is 1.90 bits per heavy atom. The van der Waals surface area contributed by atoms with Gasteiger partial charge in [-0.25, -0.2) is 0 Å². The van der Waals surface area contributed by atoms with Crippen molar-refractivity contribution in [3.8, 4) is 5.75 Å². The van der Waals surface area contributed by atoms with Gasteiger partial charge in [0, 0.05) is 30.2 Å². The third-order valence-corrected chi connectivity index (χ3v) is 5.51. The predicted octanol–water partition coefficient (Wildman–Crippen LogP) is 4.13. The molecule has 0 spiro atoms. The van der Waals surface area contributed by atoms with E-state index in [-0.39, 0.29) is 17.7 Å². The standard InChI is InChI=1S/C24H25N3O4/c1-30-20-9-4-8-19(16-20)27(24(29)21-10-5-15-31-21)22(17-11-13-25-14-12-17)23(28)26-18-6-2-3-7-18/h4-5,8-16,18,22H,2-3,6-7H2,1H3,(H,26,28). The SMILES string of the molecule is COc1cccc(N(C(=O)c2ccco2)C(C(=O)NC2CCCC2)c2ccncc2)c1. The molecule has 2 amide bonds. The molecule has 7 heteroatoms. The Kier molecular flexibility index (Phi) is 6.31. The van der Waals surface area contributed by atoms with Gasteiger partial charge in [-0.15, -0.1) is 0 Å². The summed E-state index contributed by atoms with van der Waals surface area (Å²) in [5, 5.41) is 3.14. The van der Waals surface area contributed by atoms with Crippen LogP contribution in [0.1, 0.15) is 47.8 Å². The second-order valence-electron chi connectivity index (χ2n) is 7.53. The summed E-state index contributed by atoms with van der Waals surface area (Å²) < 4.78 is 10.7. The Morgan fingerprint density at radius 3 is 2.58 bits per heavy atom. The van der Waals surface area contributed by atoms with Crippen molar-refractivity contribution in [1.29, 1.82) is 0 Å². The monoisotopic (exact) mass is 419 g/mol. The number of rotatable bonds is 7. The number of hydrogen-bond donors (Lipinski definition) is 1. The van der Waals surface area contributed by atoms with Gasteiger partial charge in [-0.3, -0.25) is 19.5 Å². The Morgan fingerprint density at radius 1 is 1.13 bits per heavy atom. The smallest absolute Gasteiger partial charge is 0.294 e. The van der Waals surface area contributed by atoms with Gasteiger partial charge in [0.25, 0.3) is 5.91 Å². The van der Waals surface area contributed by atoms with Crippen molar-refractivity contribution in [1.82, 2.24) is 10.3 Å². The molecule has 1 N–H and O–H groups in total. The molecule has 4 rings (SSSR count). The Hall–Kier alpha value is -3.61. The minimum Gasteiger partial charge on any atom is -0.497 e. The van der Waals surface area contributed by atoms with Gasteiger partial charge in [-0.1, -0.05) is 18.9 Å². The van der Waals surface area contributed by atoms with Gasteiger partial charge in [0.2, 0.25) is 5.91 Å². The zero-order valence-electron chi connectivity index (χ0n) is 17.4. The summed E-state index contributed by atoms with van der Waals surface area (Å²) in [6, 6.07) is 13.1. The lowest BCUT2D eigenvalue weighted by molar-refractivity contribution is -0.123. The topological polar surface area (TPSA) is 84.7 Å². The number of anilines is 1. The first-order valence-corrected chi connectivity index (χ1v) is 10.4. The lowest BCUT2D eigenvalue weighted by atomic mass is 10.0. The van der Waals surface area contributed by atoms with Crippen LogP contribution >= 0.6 is 0 Å². The average molecular weight is 419 g/mol. The number of amides is 2. The molecule has 0 bridgehead atoms. The number of aromatic nitrogens is 1. The second kappa shape index (κ2) is 9.47. The van der Waals surface area contributed by atoms with Crippen LogP contribution in [0.3, 0.4) is 0 Å². The van der Waals surface area contributed by atoms with Gasteiger partial charge in [-0.2, -0.15) is 0 Å². The molecule has 1 aliphatic carbocycles. The van der Waals surface area contributed by atoms with Crippen molar-refractivity contribution < 1.29 is 18.7 Å². The van der Waals surface area contributed by atoms with E-state index in [0.29, 0.717) is 17.0 Å². The van der Waals surface area contributed by atoms with Crippen LogP contribution in [0, 0.1) is 0 Å². The van der Waals surface area contributed by atoms with Gasteiger partial charge >= 0.3 is 0 Å².